The molecule has 0 aliphatic rings. The maximum atomic E-state index is 12.1. The Morgan fingerprint density at radius 1 is 0.933 bits per heavy atom. The summed E-state index contributed by atoms with van der Waals surface area (Å²) in [5.74, 6) is 0.693. The van der Waals surface area contributed by atoms with Gasteiger partial charge in [-0.1, -0.05) is 48.5 Å². The third-order valence-electron chi connectivity index (χ3n) is 4.88. The predicted molar refractivity (Wildman–Crippen MR) is 111 cm³/mol. The van der Waals surface area contributed by atoms with Gasteiger partial charge in [0, 0.05) is 11.1 Å². The Morgan fingerprint density at radius 2 is 1.80 bits per heavy atom. The van der Waals surface area contributed by atoms with E-state index in [2.05, 4.69) is 30.6 Å². The Labute approximate surface area is 170 Å². The van der Waals surface area contributed by atoms with E-state index in [9.17, 15) is 4.79 Å². The van der Waals surface area contributed by atoms with Crippen LogP contribution in [0, 0.1) is 0 Å². The van der Waals surface area contributed by atoms with E-state index >= 15 is 0 Å². The molecule has 5 rings (SSSR count). The Bertz CT molecular complexity index is 1340. The van der Waals surface area contributed by atoms with Crippen LogP contribution >= 0.6 is 0 Å². The SMILES string of the molecule is COC(=O)c1cccc2[nH]c(-c3ccc(-c4ccccc4)c(-c4nn[nH]n4)c3)nc12. The van der Waals surface area contributed by atoms with Gasteiger partial charge in [0.15, 0.2) is 0 Å². The van der Waals surface area contributed by atoms with E-state index in [1.54, 1.807) is 12.1 Å². The molecular weight excluding hydrogens is 380 g/mol. The molecule has 146 valence electrons. The first-order valence-electron chi connectivity index (χ1n) is 9.25. The van der Waals surface area contributed by atoms with E-state index in [-0.39, 0.29) is 0 Å². The van der Waals surface area contributed by atoms with E-state index in [0.29, 0.717) is 22.7 Å². The quantitative estimate of drug-likeness (QED) is 0.446. The molecule has 0 bridgehead atoms. The van der Waals surface area contributed by atoms with Crippen LogP contribution in [-0.2, 0) is 4.74 Å². The van der Waals surface area contributed by atoms with Crippen molar-refractivity contribution in [2.45, 2.75) is 0 Å². The molecule has 2 N–H and O–H groups in total. The summed E-state index contributed by atoms with van der Waals surface area (Å²) in [7, 11) is 1.36. The van der Waals surface area contributed by atoms with E-state index in [4.69, 9.17) is 4.74 Å². The van der Waals surface area contributed by atoms with Crippen LogP contribution in [-0.4, -0.2) is 43.7 Å². The minimum absolute atomic E-state index is 0.414. The Kier molecular flexibility index (Phi) is 4.29. The number of nitrogens with one attached hydrogen (secondary N) is 2. The number of carbonyl (C=O) groups is 1. The molecule has 2 heterocycles. The number of H-pyrrole nitrogens is 2. The summed E-state index contributed by atoms with van der Waals surface area (Å²) in [5, 5.41) is 14.5. The highest BCUT2D eigenvalue weighted by atomic mass is 16.5. The van der Waals surface area contributed by atoms with Gasteiger partial charge in [-0.3, -0.25) is 0 Å². The molecule has 30 heavy (non-hydrogen) atoms. The molecule has 0 radical (unpaired) electrons. The van der Waals surface area contributed by atoms with E-state index in [0.717, 1.165) is 27.8 Å². The van der Waals surface area contributed by atoms with Crippen molar-refractivity contribution in [1.82, 2.24) is 30.6 Å². The van der Waals surface area contributed by atoms with Gasteiger partial charge in [0.1, 0.15) is 11.3 Å². The summed E-state index contributed by atoms with van der Waals surface area (Å²) in [4.78, 5) is 20.0. The number of benzene rings is 3. The Morgan fingerprint density at radius 3 is 2.57 bits per heavy atom. The highest BCUT2D eigenvalue weighted by Gasteiger charge is 2.17. The predicted octanol–water partition coefficient (Wildman–Crippen LogP) is 3.86. The molecule has 8 heteroatoms. The van der Waals surface area contributed by atoms with E-state index in [1.165, 1.54) is 7.11 Å². The number of ether oxygens (including phenoxy) is 1. The summed E-state index contributed by atoms with van der Waals surface area (Å²) < 4.78 is 4.87. The van der Waals surface area contributed by atoms with Crippen LogP contribution in [0.5, 0.6) is 0 Å². The van der Waals surface area contributed by atoms with Crippen molar-refractivity contribution >= 4 is 17.0 Å². The number of nitrogens with zero attached hydrogens (tertiary/aromatic N) is 4. The number of para-hydroxylation sites is 1. The lowest BCUT2D eigenvalue weighted by molar-refractivity contribution is 0.0603. The van der Waals surface area contributed by atoms with Gasteiger partial charge in [-0.25, -0.2) is 9.78 Å². The van der Waals surface area contributed by atoms with Crippen LogP contribution < -0.4 is 0 Å². The topological polar surface area (TPSA) is 109 Å². The fourth-order valence-corrected chi connectivity index (χ4v) is 3.47. The lowest BCUT2D eigenvalue weighted by atomic mass is 9.97. The van der Waals surface area contributed by atoms with Crippen LogP contribution in [0.15, 0.2) is 66.7 Å². The molecule has 0 unspecified atom stereocenters. The highest BCUT2D eigenvalue weighted by Crippen LogP contribution is 2.34. The molecule has 0 aliphatic carbocycles. The summed E-state index contributed by atoms with van der Waals surface area (Å²) in [6, 6.07) is 21.3. The smallest absolute Gasteiger partial charge is 0.340 e. The number of methoxy groups -OCH3 is 1. The summed E-state index contributed by atoms with van der Waals surface area (Å²) in [6.45, 7) is 0. The van der Waals surface area contributed by atoms with E-state index < -0.39 is 5.97 Å². The number of hydrogen-bond donors (Lipinski definition) is 2. The van der Waals surface area contributed by atoms with Gasteiger partial charge in [0.2, 0.25) is 5.82 Å². The van der Waals surface area contributed by atoms with Gasteiger partial charge in [0.05, 0.1) is 18.2 Å². The molecule has 8 nitrogen and oxygen atoms in total. The van der Waals surface area contributed by atoms with Crippen LogP contribution in [0.3, 0.4) is 0 Å². The zero-order valence-corrected chi connectivity index (χ0v) is 16.0. The fraction of sp³-hybridized carbons (Fsp3) is 0.0455. The van der Waals surface area contributed by atoms with Gasteiger partial charge in [-0.2, -0.15) is 5.21 Å². The molecule has 0 amide bonds. The number of hydrogen-bond acceptors (Lipinski definition) is 6. The maximum absolute atomic E-state index is 12.1. The summed E-state index contributed by atoms with van der Waals surface area (Å²) in [5.41, 5.74) is 5.40. The van der Waals surface area contributed by atoms with Gasteiger partial charge in [0.25, 0.3) is 0 Å². The molecule has 0 saturated carbocycles. The monoisotopic (exact) mass is 396 g/mol. The first-order chi connectivity index (χ1) is 14.7. The Hall–Kier alpha value is -4.33. The second kappa shape index (κ2) is 7.25. The van der Waals surface area contributed by atoms with Gasteiger partial charge < -0.3 is 9.72 Å². The normalized spacial score (nSPS) is 11.0. The van der Waals surface area contributed by atoms with Crippen molar-refractivity contribution in [3.63, 3.8) is 0 Å². The van der Waals surface area contributed by atoms with Gasteiger partial charge >= 0.3 is 5.97 Å². The number of esters is 1. The van der Waals surface area contributed by atoms with Crippen molar-refractivity contribution in [3.8, 4) is 33.9 Å². The van der Waals surface area contributed by atoms with Gasteiger partial charge in [-0.15, -0.1) is 10.2 Å². The van der Waals surface area contributed by atoms with Crippen molar-refractivity contribution < 1.29 is 9.53 Å². The lowest BCUT2D eigenvalue weighted by Crippen LogP contribution is -2.01. The standard InChI is InChI=1S/C22H16N6O2/c1-30-22(29)16-8-5-9-18-19(16)24-20(23-18)14-10-11-15(13-6-3-2-4-7-13)17(12-14)21-25-27-28-26-21/h2-12H,1H3,(H,23,24)(H,25,26,27,28). The molecule has 5 aromatic rings. The molecule has 0 fully saturated rings. The number of tetrazole rings is 1. The van der Waals surface area contributed by atoms with Crippen LogP contribution in [0.2, 0.25) is 0 Å². The average Bonchev–Trinajstić information content (AvgIpc) is 3.48. The second-order valence-electron chi connectivity index (χ2n) is 6.64. The molecule has 0 atom stereocenters. The number of imidazole rings is 1. The zero-order chi connectivity index (χ0) is 20.5. The number of carbonyl (C=O) groups excluding carboxylic acids is 1. The molecule has 3 aromatic carbocycles. The minimum atomic E-state index is -0.425. The molecule has 0 spiro atoms. The number of aromatic amines is 2. The first-order valence-corrected chi connectivity index (χ1v) is 9.25. The molecular formula is C22H16N6O2. The fourth-order valence-electron chi connectivity index (χ4n) is 3.47. The highest BCUT2D eigenvalue weighted by molar-refractivity contribution is 6.02. The van der Waals surface area contributed by atoms with Crippen LogP contribution in [0.25, 0.3) is 44.9 Å². The number of rotatable bonds is 4. The molecule has 2 aromatic heterocycles. The summed E-state index contributed by atoms with van der Waals surface area (Å²) in [6.07, 6.45) is 0. The van der Waals surface area contributed by atoms with Gasteiger partial charge in [-0.05, 0) is 34.5 Å². The molecule has 0 saturated heterocycles. The van der Waals surface area contributed by atoms with Crippen molar-refractivity contribution in [2.75, 3.05) is 7.11 Å². The second-order valence-corrected chi connectivity index (χ2v) is 6.64. The average molecular weight is 396 g/mol. The maximum Gasteiger partial charge on any atom is 0.340 e. The third-order valence-corrected chi connectivity index (χ3v) is 4.88. The Balaban J connectivity index is 1.67. The first kappa shape index (κ1) is 17.7. The van der Waals surface area contributed by atoms with Crippen LogP contribution in [0.4, 0.5) is 0 Å². The minimum Gasteiger partial charge on any atom is -0.465 e. The van der Waals surface area contributed by atoms with Crippen molar-refractivity contribution in [1.29, 1.82) is 0 Å². The number of aromatic nitrogens is 6. The third kappa shape index (κ3) is 3.00. The van der Waals surface area contributed by atoms with E-state index in [1.807, 2.05) is 54.6 Å². The molecule has 0 aliphatic heterocycles. The lowest BCUT2D eigenvalue weighted by Gasteiger charge is -2.09. The van der Waals surface area contributed by atoms with Crippen molar-refractivity contribution in [3.05, 3.63) is 72.3 Å². The zero-order valence-electron chi connectivity index (χ0n) is 16.0. The number of fused-ring (bicyclic) bond motifs is 1. The van der Waals surface area contributed by atoms with Crippen molar-refractivity contribution in [2.24, 2.45) is 0 Å². The largest absolute Gasteiger partial charge is 0.465 e. The van der Waals surface area contributed by atoms with Crippen LogP contribution in [0.1, 0.15) is 10.4 Å². The summed E-state index contributed by atoms with van der Waals surface area (Å²) >= 11 is 0.